The van der Waals surface area contributed by atoms with Gasteiger partial charge < -0.3 is 9.84 Å². The number of fused-ring (bicyclic) bond motifs is 1. The van der Waals surface area contributed by atoms with E-state index in [1.807, 2.05) is 23.6 Å². The monoisotopic (exact) mass is 404 g/mol. The molecule has 4 aromatic rings. The van der Waals surface area contributed by atoms with E-state index in [-0.39, 0.29) is 11.6 Å². The van der Waals surface area contributed by atoms with Gasteiger partial charge in [-0.05, 0) is 54.3 Å². The van der Waals surface area contributed by atoms with Crippen LogP contribution in [0, 0.1) is 0 Å². The minimum absolute atomic E-state index is 0.251. The lowest BCUT2D eigenvalue weighted by molar-refractivity contribution is 0.101. The number of carbonyl (C=O) groups is 1. The van der Waals surface area contributed by atoms with Crippen LogP contribution in [0.2, 0.25) is 0 Å². The van der Waals surface area contributed by atoms with Crippen molar-refractivity contribution in [1.82, 2.24) is 14.9 Å². The van der Waals surface area contributed by atoms with Crippen LogP contribution in [0.15, 0.2) is 58.6 Å². The van der Waals surface area contributed by atoms with Crippen molar-refractivity contribution in [3.05, 3.63) is 75.7 Å². The van der Waals surface area contributed by atoms with Gasteiger partial charge in [0.05, 0.1) is 12.7 Å². The van der Waals surface area contributed by atoms with Crippen molar-refractivity contribution < 1.29 is 9.32 Å². The summed E-state index contributed by atoms with van der Waals surface area (Å²) in [7, 11) is 0. The number of nitrogens with one attached hydrogen (secondary N) is 1. The predicted octanol–water partition coefficient (Wildman–Crippen LogP) is 4.78. The first kappa shape index (κ1) is 17.9. The molecular formula is C22H20N4O2S. The topological polar surface area (TPSA) is 73.0 Å². The number of hydrogen-bond donors (Lipinski definition) is 1. The number of carbonyl (C=O) groups excluding carboxylic acids is 1. The largest absolute Gasteiger partial charge is 0.355 e. The maximum absolute atomic E-state index is 12.7. The van der Waals surface area contributed by atoms with Crippen LogP contribution in [0.5, 0.6) is 0 Å². The quantitative estimate of drug-likeness (QED) is 0.520. The lowest BCUT2D eigenvalue weighted by Crippen LogP contribution is -2.16. The highest BCUT2D eigenvalue weighted by Gasteiger charge is 2.17. The smallest absolute Gasteiger partial charge is 0.279 e. The molecule has 5 rings (SSSR count). The highest BCUT2D eigenvalue weighted by atomic mass is 32.1. The van der Waals surface area contributed by atoms with E-state index in [1.54, 1.807) is 34.3 Å². The first-order valence-corrected chi connectivity index (χ1v) is 10.6. The van der Waals surface area contributed by atoms with Gasteiger partial charge in [0.25, 0.3) is 5.91 Å². The maximum Gasteiger partial charge on any atom is 0.279 e. The standard InChI is InChI=1S/C22H20N4O2S/c27-22(24-21-9-10-23-26(21)14-18-6-3-11-29-18)19-13-20(28-25-19)17-8-7-15-4-1-2-5-16(15)12-17/h3,6-13H,1-2,4-5,14H2,(H,24,27). The highest BCUT2D eigenvalue weighted by Crippen LogP contribution is 2.28. The minimum Gasteiger partial charge on any atom is -0.355 e. The second-order valence-corrected chi connectivity index (χ2v) is 8.21. The van der Waals surface area contributed by atoms with Gasteiger partial charge in [0.1, 0.15) is 5.82 Å². The Morgan fingerprint density at radius 1 is 1.14 bits per heavy atom. The van der Waals surface area contributed by atoms with Crippen LogP contribution in [0.3, 0.4) is 0 Å². The van der Waals surface area contributed by atoms with Crippen LogP contribution < -0.4 is 5.32 Å². The van der Waals surface area contributed by atoms with E-state index in [0.717, 1.165) is 18.4 Å². The molecule has 0 saturated heterocycles. The van der Waals surface area contributed by atoms with Gasteiger partial charge in [-0.25, -0.2) is 4.68 Å². The molecule has 0 unspecified atom stereocenters. The Morgan fingerprint density at radius 3 is 2.90 bits per heavy atom. The molecule has 0 saturated carbocycles. The molecule has 1 N–H and O–H groups in total. The number of nitrogens with zero attached hydrogens (tertiary/aromatic N) is 3. The van der Waals surface area contributed by atoms with E-state index >= 15 is 0 Å². The number of hydrogen-bond acceptors (Lipinski definition) is 5. The molecule has 0 spiro atoms. The van der Waals surface area contributed by atoms with E-state index in [0.29, 0.717) is 18.1 Å². The fourth-order valence-electron chi connectivity index (χ4n) is 3.70. The SMILES string of the molecule is O=C(Nc1ccnn1Cc1cccs1)c1cc(-c2ccc3c(c2)CCCC3)on1. The van der Waals surface area contributed by atoms with E-state index in [9.17, 15) is 4.79 Å². The summed E-state index contributed by atoms with van der Waals surface area (Å²) in [5, 5.41) is 13.2. The molecule has 0 fully saturated rings. The molecule has 1 aromatic carbocycles. The van der Waals surface area contributed by atoms with Crippen molar-refractivity contribution in [3.63, 3.8) is 0 Å². The summed E-state index contributed by atoms with van der Waals surface area (Å²) < 4.78 is 7.22. The van der Waals surface area contributed by atoms with Crippen molar-refractivity contribution in [2.75, 3.05) is 5.32 Å². The van der Waals surface area contributed by atoms with Gasteiger partial charge in [-0.1, -0.05) is 23.4 Å². The third kappa shape index (κ3) is 3.73. The van der Waals surface area contributed by atoms with Crippen molar-refractivity contribution in [3.8, 4) is 11.3 Å². The Labute approximate surface area is 172 Å². The predicted molar refractivity (Wildman–Crippen MR) is 112 cm³/mol. The van der Waals surface area contributed by atoms with Gasteiger partial charge in [0.15, 0.2) is 11.5 Å². The zero-order valence-electron chi connectivity index (χ0n) is 15.8. The first-order chi connectivity index (χ1) is 14.3. The number of aromatic nitrogens is 3. The van der Waals surface area contributed by atoms with Gasteiger partial charge in [-0.3, -0.25) is 4.79 Å². The van der Waals surface area contributed by atoms with E-state index in [4.69, 9.17) is 4.52 Å². The molecule has 0 atom stereocenters. The lowest BCUT2D eigenvalue weighted by Gasteiger charge is -2.15. The molecule has 7 heteroatoms. The molecule has 6 nitrogen and oxygen atoms in total. The molecule has 1 amide bonds. The Morgan fingerprint density at radius 2 is 2.03 bits per heavy atom. The van der Waals surface area contributed by atoms with Crippen LogP contribution in [0.25, 0.3) is 11.3 Å². The van der Waals surface area contributed by atoms with Crippen LogP contribution in [0.4, 0.5) is 5.82 Å². The van der Waals surface area contributed by atoms with Gasteiger partial charge in [0, 0.05) is 22.6 Å². The highest BCUT2D eigenvalue weighted by molar-refractivity contribution is 7.09. The number of amides is 1. The molecule has 3 heterocycles. The summed E-state index contributed by atoms with van der Waals surface area (Å²) in [6.07, 6.45) is 6.38. The van der Waals surface area contributed by atoms with Gasteiger partial charge in [-0.15, -0.1) is 11.3 Å². The molecule has 1 aliphatic carbocycles. The van der Waals surface area contributed by atoms with Crippen LogP contribution in [0.1, 0.15) is 39.3 Å². The normalized spacial score (nSPS) is 13.2. The van der Waals surface area contributed by atoms with Crippen LogP contribution in [-0.4, -0.2) is 20.8 Å². The number of thiophene rings is 1. The maximum atomic E-state index is 12.7. The van der Waals surface area contributed by atoms with Crippen LogP contribution >= 0.6 is 11.3 Å². The summed E-state index contributed by atoms with van der Waals surface area (Å²) in [6, 6.07) is 13.9. The number of anilines is 1. The van der Waals surface area contributed by atoms with Crippen LogP contribution in [-0.2, 0) is 19.4 Å². The number of benzene rings is 1. The van der Waals surface area contributed by atoms with E-state index < -0.39 is 0 Å². The molecule has 0 radical (unpaired) electrons. The van der Waals surface area contributed by atoms with E-state index in [1.165, 1.54) is 28.8 Å². The second kappa shape index (κ2) is 7.67. The van der Waals surface area contributed by atoms with Crippen molar-refractivity contribution in [1.29, 1.82) is 0 Å². The Balaban J connectivity index is 1.32. The van der Waals surface area contributed by atoms with Crippen molar-refractivity contribution in [2.45, 2.75) is 32.2 Å². The molecule has 0 bridgehead atoms. The van der Waals surface area contributed by atoms with Gasteiger partial charge in [0.2, 0.25) is 0 Å². The molecular weight excluding hydrogens is 384 g/mol. The third-order valence-electron chi connectivity index (χ3n) is 5.22. The fourth-order valence-corrected chi connectivity index (χ4v) is 4.39. The van der Waals surface area contributed by atoms with Crippen molar-refractivity contribution in [2.24, 2.45) is 0 Å². The molecule has 1 aliphatic rings. The molecule has 3 aromatic heterocycles. The molecule has 29 heavy (non-hydrogen) atoms. The summed E-state index contributed by atoms with van der Waals surface area (Å²) in [5.41, 5.74) is 3.99. The Hall–Kier alpha value is -3.19. The Kier molecular flexibility index (Phi) is 4.73. The van der Waals surface area contributed by atoms with E-state index in [2.05, 4.69) is 27.7 Å². The zero-order valence-corrected chi connectivity index (χ0v) is 16.6. The average Bonchev–Trinajstić information content (AvgIpc) is 3.51. The Bertz CT molecular complexity index is 1140. The third-order valence-corrected chi connectivity index (χ3v) is 6.08. The summed E-state index contributed by atoms with van der Waals surface area (Å²) in [4.78, 5) is 13.8. The van der Waals surface area contributed by atoms with Gasteiger partial charge in [-0.2, -0.15) is 5.10 Å². The summed E-state index contributed by atoms with van der Waals surface area (Å²) in [5.74, 6) is 0.920. The second-order valence-electron chi connectivity index (χ2n) is 7.17. The summed E-state index contributed by atoms with van der Waals surface area (Å²) in [6.45, 7) is 0.611. The first-order valence-electron chi connectivity index (χ1n) is 9.71. The average molecular weight is 404 g/mol. The summed E-state index contributed by atoms with van der Waals surface area (Å²) >= 11 is 1.65. The lowest BCUT2D eigenvalue weighted by atomic mass is 9.90. The van der Waals surface area contributed by atoms with Crippen molar-refractivity contribution >= 4 is 23.1 Å². The fraction of sp³-hybridized carbons (Fsp3) is 0.227. The number of aryl methyl sites for hydroxylation is 2. The number of rotatable bonds is 5. The minimum atomic E-state index is -0.314. The van der Waals surface area contributed by atoms with Gasteiger partial charge >= 0.3 is 0 Å². The zero-order chi connectivity index (χ0) is 19.6. The molecule has 0 aliphatic heterocycles. The molecule has 146 valence electrons.